The van der Waals surface area contributed by atoms with Gasteiger partial charge < -0.3 is 10.2 Å². The second-order valence-electron chi connectivity index (χ2n) is 4.14. The molecule has 2 unspecified atom stereocenters. The van der Waals surface area contributed by atoms with Crippen molar-refractivity contribution in [1.82, 2.24) is 0 Å². The van der Waals surface area contributed by atoms with Gasteiger partial charge >= 0.3 is 0 Å². The molecule has 2 heteroatoms. The van der Waals surface area contributed by atoms with E-state index in [4.69, 9.17) is 0 Å². The second kappa shape index (κ2) is 3.11. The molecule has 1 saturated carbocycles. The normalized spacial score (nSPS) is 38.2. The fourth-order valence-electron chi connectivity index (χ4n) is 1.64. The lowest BCUT2D eigenvalue weighted by molar-refractivity contribution is -0.0431. The van der Waals surface area contributed by atoms with E-state index in [9.17, 15) is 10.2 Å². The van der Waals surface area contributed by atoms with E-state index in [2.05, 4.69) is 0 Å². The van der Waals surface area contributed by atoms with Crippen LogP contribution in [-0.4, -0.2) is 22.4 Å². The Morgan fingerprint density at radius 2 is 1.36 bits per heavy atom. The van der Waals surface area contributed by atoms with Crippen LogP contribution in [0.4, 0.5) is 0 Å². The Kier molecular flexibility index (Phi) is 2.55. The molecule has 11 heavy (non-hydrogen) atoms. The first kappa shape index (κ1) is 9.01. The van der Waals surface area contributed by atoms with Crippen molar-refractivity contribution in [2.75, 3.05) is 0 Å². The largest absolute Gasteiger partial charge is 0.392 e. The SMILES string of the molecule is CC1(C)C(O)CCCCC1O. The topological polar surface area (TPSA) is 40.5 Å². The van der Waals surface area contributed by atoms with Gasteiger partial charge in [-0.05, 0) is 12.8 Å². The third kappa shape index (κ3) is 1.74. The first-order valence-corrected chi connectivity index (χ1v) is 4.41. The van der Waals surface area contributed by atoms with Gasteiger partial charge in [0.05, 0.1) is 12.2 Å². The van der Waals surface area contributed by atoms with Crippen LogP contribution in [-0.2, 0) is 0 Å². The van der Waals surface area contributed by atoms with Gasteiger partial charge in [-0.2, -0.15) is 0 Å². The van der Waals surface area contributed by atoms with E-state index in [1.807, 2.05) is 13.8 Å². The van der Waals surface area contributed by atoms with Crippen molar-refractivity contribution in [3.8, 4) is 0 Å². The van der Waals surface area contributed by atoms with Crippen LogP contribution in [0.5, 0.6) is 0 Å². The molecule has 0 spiro atoms. The van der Waals surface area contributed by atoms with Gasteiger partial charge in [0.15, 0.2) is 0 Å². The molecule has 2 nitrogen and oxygen atoms in total. The summed E-state index contributed by atoms with van der Waals surface area (Å²) in [6.45, 7) is 3.88. The molecule has 2 atom stereocenters. The van der Waals surface area contributed by atoms with Crippen molar-refractivity contribution in [3.05, 3.63) is 0 Å². The summed E-state index contributed by atoms with van der Waals surface area (Å²) in [6, 6.07) is 0. The van der Waals surface area contributed by atoms with E-state index in [1.54, 1.807) is 0 Å². The third-order valence-electron chi connectivity index (χ3n) is 2.92. The maximum atomic E-state index is 9.63. The minimum absolute atomic E-state index is 0.309. The minimum atomic E-state index is -0.333. The van der Waals surface area contributed by atoms with Crippen LogP contribution in [0.3, 0.4) is 0 Å². The van der Waals surface area contributed by atoms with E-state index in [0.717, 1.165) is 25.7 Å². The molecule has 0 radical (unpaired) electrons. The van der Waals surface area contributed by atoms with E-state index < -0.39 is 0 Å². The van der Waals surface area contributed by atoms with Gasteiger partial charge in [-0.25, -0.2) is 0 Å². The zero-order valence-corrected chi connectivity index (χ0v) is 7.38. The maximum absolute atomic E-state index is 9.63. The number of hydrogen-bond donors (Lipinski definition) is 2. The predicted molar refractivity (Wildman–Crippen MR) is 44.3 cm³/mol. The smallest absolute Gasteiger partial charge is 0.0615 e. The molecule has 0 aromatic heterocycles. The van der Waals surface area contributed by atoms with Crippen molar-refractivity contribution in [2.24, 2.45) is 5.41 Å². The Hall–Kier alpha value is -0.0800. The fraction of sp³-hybridized carbons (Fsp3) is 1.00. The van der Waals surface area contributed by atoms with Crippen molar-refractivity contribution in [3.63, 3.8) is 0 Å². The lowest BCUT2D eigenvalue weighted by atomic mass is 9.80. The van der Waals surface area contributed by atoms with Crippen LogP contribution in [0.1, 0.15) is 39.5 Å². The Bertz CT molecular complexity index is 118. The molecular weight excluding hydrogens is 140 g/mol. The van der Waals surface area contributed by atoms with E-state index >= 15 is 0 Å². The van der Waals surface area contributed by atoms with E-state index in [1.165, 1.54) is 0 Å². The monoisotopic (exact) mass is 158 g/mol. The quantitative estimate of drug-likeness (QED) is 0.522. The van der Waals surface area contributed by atoms with Crippen LogP contribution < -0.4 is 0 Å². The van der Waals surface area contributed by atoms with Crippen molar-refractivity contribution >= 4 is 0 Å². The van der Waals surface area contributed by atoms with E-state index in [-0.39, 0.29) is 17.6 Å². The highest BCUT2D eigenvalue weighted by atomic mass is 16.3. The summed E-state index contributed by atoms with van der Waals surface area (Å²) in [4.78, 5) is 0. The number of aliphatic hydroxyl groups excluding tert-OH is 2. The van der Waals surface area contributed by atoms with Gasteiger partial charge in [0, 0.05) is 5.41 Å². The van der Waals surface area contributed by atoms with Gasteiger partial charge in [0.25, 0.3) is 0 Å². The van der Waals surface area contributed by atoms with Crippen LogP contribution >= 0.6 is 0 Å². The average Bonchev–Trinajstić information content (AvgIpc) is 2.03. The summed E-state index contributed by atoms with van der Waals surface area (Å²) in [5.41, 5.74) is -0.309. The Morgan fingerprint density at radius 3 is 1.73 bits per heavy atom. The summed E-state index contributed by atoms with van der Waals surface area (Å²) in [5.74, 6) is 0. The predicted octanol–water partition coefficient (Wildman–Crippen LogP) is 1.31. The summed E-state index contributed by atoms with van der Waals surface area (Å²) in [5, 5.41) is 19.3. The molecule has 0 aliphatic heterocycles. The zero-order valence-electron chi connectivity index (χ0n) is 7.38. The summed E-state index contributed by atoms with van der Waals surface area (Å²) < 4.78 is 0. The van der Waals surface area contributed by atoms with Crippen molar-refractivity contribution in [2.45, 2.75) is 51.7 Å². The van der Waals surface area contributed by atoms with Gasteiger partial charge in [-0.3, -0.25) is 0 Å². The van der Waals surface area contributed by atoms with Gasteiger partial charge in [0.2, 0.25) is 0 Å². The van der Waals surface area contributed by atoms with Gasteiger partial charge in [-0.15, -0.1) is 0 Å². The van der Waals surface area contributed by atoms with Crippen LogP contribution in [0.15, 0.2) is 0 Å². The zero-order chi connectivity index (χ0) is 8.48. The van der Waals surface area contributed by atoms with Crippen molar-refractivity contribution in [1.29, 1.82) is 0 Å². The highest BCUT2D eigenvalue weighted by molar-refractivity contribution is 4.87. The fourth-order valence-corrected chi connectivity index (χ4v) is 1.64. The molecule has 0 aromatic carbocycles. The molecule has 0 amide bonds. The lowest BCUT2D eigenvalue weighted by Crippen LogP contribution is -2.38. The van der Waals surface area contributed by atoms with Gasteiger partial charge in [-0.1, -0.05) is 26.7 Å². The van der Waals surface area contributed by atoms with Crippen LogP contribution in [0, 0.1) is 5.41 Å². The molecule has 66 valence electrons. The molecule has 1 aliphatic rings. The summed E-state index contributed by atoms with van der Waals surface area (Å²) in [7, 11) is 0. The highest BCUT2D eigenvalue weighted by Gasteiger charge is 2.36. The summed E-state index contributed by atoms with van der Waals surface area (Å²) in [6.07, 6.45) is 3.09. The lowest BCUT2D eigenvalue weighted by Gasteiger charge is -2.32. The number of aliphatic hydroxyl groups is 2. The molecule has 0 saturated heterocycles. The highest BCUT2D eigenvalue weighted by Crippen LogP contribution is 2.34. The standard InChI is InChI=1S/C9H18O2/c1-9(2)7(10)5-3-4-6-8(9)11/h7-8,10-11H,3-6H2,1-2H3. The molecule has 0 bridgehead atoms. The molecule has 1 aliphatic carbocycles. The van der Waals surface area contributed by atoms with E-state index in [0.29, 0.717) is 0 Å². The first-order chi connectivity index (χ1) is 5.05. The van der Waals surface area contributed by atoms with Crippen LogP contribution in [0.25, 0.3) is 0 Å². The van der Waals surface area contributed by atoms with Crippen LogP contribution in [0.2, 0.25) is 0 Å². The first-order valence-electron chi connectivity index (χ1n) is 4.41. The Labute approximate surface area is 68.2 Å². The molecule has 1 rings (SSSR count). The number of hydrogen-bond acceptors (Lipinski definition) is 2. The molecule has 1 fully saturated rings. The molecule has 2 N–H and O–H groups in total. The molecule has 0 heterocycles. The Balaban J connectivity index is 2.67. The third-order valence-corrected chi connectivity index (χ3v) is 2.92. The second-order valence-corrected chi connectivity index (χ2v) is 4.14. The Morgan fingerprint density at radius 1 is 1.00 bits per heavy atom. The molecule has 0 aromatic rings. The number of rotatable bonds is 0. The average molecular weight is 158 g/mol. The summed E-state index contributed by atoms with van der Waals surface area (Å²) >= 11 is 0. The van der Waals surface area contributed by atoms with Gasteiger partial charge in [0.1, 0.15) is 0 Å². The maximum Gasteiger partial charge on any atom is 0.0615 e. The molecular formula is C9H18O2. The van der Waals surface area contributed by atoms with Crippen molar-refractivity contribution < 1.29 is 10.2 Å². The minimum Gasteiger partial charge on any atom is -0.392 e.